The average molecular weight is 281 g/mol. The molecule has 110 valence electrons. The number of carbonyl (C=O) groups is 2. The highest BCUT2D eigenvalue weighted by atomic mass is 16.5. The number of ether oxygens (including phenoxy) is 2. The normalized spacial score (nSPS) is 11.7. The van der Waals surface area contributed by atoms with Gasteiger partial charge >= 0.3 is 5.97 Å². The molecule has 0 aliphatic heterocycles. The van der Waals surface area contributed by atoms with Gasteiger partial charge in [0.05, 0.1) is 6.61 Å². The van der Waals surface area contributed by atoms with Gasteiger partial charge in [-0.3, -0.25) is 4.79 Å². The van der Waals surface area contributed by atoms with Crippen LogP contribution in [-0.4, -0.2) is 43.3 Å². The fourth-order valence-corrected chi connectivity index (χ4v) is 1.55. The summed E-state index contributed by atoms with van der Waals surface area (Å²) in [4.78, 5) is 22.4. The van der Waals surface area contributed by atoms with E-state index in [-0.39, 0.29) is 13.2 Å². The monoisotopic (exact) mass is 281 g/mol. The summed E-state index contributed by atoms with van der Waals surface area (Å²) in [5.74, 6) is -1.09. The van der Waals surface area contributed by atoms with Crippen LogP contribution < -0.4 is 10.1 Å². The second-order valence-electron chi connectivity index (χ2n) is 4.20. The molecule has 1 aromatic carbocycles. The quantitative estimate of drug-likeness (QED) is 0.737. The predicted molar refractivity (Wildman–Crippen MR) is 72.8 cm³/mol. The lowest BCUT2D eigenvalue weighted by molar-refractivity contribution is -0.143. The van der Waals surface area contributed by atoms with Crippen molar-refractivity contribution >= 4 is 11.9 Å². The third-order valence-electron chi connectivity index (χ3n) is 2.67. The molecule has 6 nitrogen and oxygen atoms in total. The minimum atomic E-state index is -1.15. The Kier molecular flexibility index (Phi) is 6.52. The van der Waals surface area contributed by atoms with E-state index in [1.165, 1.54) is 12.7 Å². The Morgan fingerprint density at radius 1 is 1.30 bits per heavy atom. The first-order valence-electron chi connectivity index (χ1n) is 6.29. The summed E-state index contributed by atoms with van der Waals surface area (Å²) in [6, 6.07) is 6.31. The van der Waals surface area contributed by atoms with Crippen molar-refractivity contribution in [2.75, 3.05) is 20.3 Å². The van der Waals surface area contributed by atoms with Crippen molar-refractivity contribution < 1.29 is 24.2 Å². The molecule has 0 aliphatic carbocycles. The van der Waals surface area contributed by atoms with Crippen LogP contribution in [0.1, 0.15) is 12.5 Å². The number of aryl methyl sites for hydroxylation is 1. The molecule has 6 heteroatoms. The maximum atomic E-state index is 11.6. The molecule has 0 heterocycles. The number of aliphatic carboxylic acids is 1. The molecule has 2 N–H and O–H groups in total. The van der Waals surface area contributed by atoms with Gasteiger partial charge < -0.3 is 19.9 Å². The number of rotatable bonds is 8. The molecular formula is C14H19NO5. The molecule has 1 atom stereocenters. The number of methoxy groups -OCH3 is 1. The summed E-state index contributed by atoms with van der Waals surface area (Å²) in [6.45, 7) is 1.72. The Morgan fingerprint density at radius 3 is 2.45 bits per heavy atom. The Bertz CT molecular complexity index is 443. The van der Waals surface area contributed by atoms with Crippen molar-refractivity contribution in [2.24, 2.45) is 0 Å². The highest BCUT2D eigenvalue weighted by molar-refractivity contribution is 5.84. The van der Waals surface area contributed by atoms with Crippen LogP contribution in [-0.2, 0) is 20.7 Å². The van der Waals surface area contributed by atoms with Crippen LogP contribution in [0.3, 0.4) is 0 Å². The van der Waals surface area contributed by atoms with Gasteiger partial charge in [-0.05, 0) is 24.1 Å². The van der Waals surface area contributed by atoms with Crippen LogP contribution in [0.15, 0.2) is 24.3 Å². The predicted octanol–water partition coefficient (Wildman–Crippen LogP) is 0.844. The van der Waals surface area contributed by atoms with E-state index < -0.39 is 17.9 Å². The van der Waals surface area contributed by atoms with Crippen LogP contribution in [0.2, 0.25) is 0 Å². The molecule has 0 aliphatic rings. The molecule has 0 aromatic heterocycles. The first kappa shape index (κ1) is 16.0. The van der Waals surface area contributed by atoms with Gasteiger partial charge in [-0.2, -0.15) is 0 Å². The minimum Gasteiger partial charge on any atom is -0.484 e. The minimum absolute atomic E-state index is 0.0910. The largest absolute Gasteiger partial charge is 0.484 e. The molecular weight excluding hydrogens is 262 g/mol. The number of carboxylic acids is 1. The van der Waals surface area contributed by atoms with Gasteiger partial charge in [0, 0.05) is 7.11 Å². The van der Waals surface area contributed by atoms with E-state index in [9.17, 15) is 9.59 Å². The lowest BCUT2D eigenvalue weighted by Gasteiger charge is -2.13. The van der Waals surface area contributed by atoms with Crippen molar-refractivity contribution in [3.8, 4) is 5.75 Å². The zero-order valence-electron chi connectivity index (χ0n) is 11.6. The van der Waals surface area contributed by atoms with E-state index in [2.05, 4.69) is 5.32 Å². The van der Waals surface area contributed by atoms with Gasteiger partial charge in [-0.15, -0.1) is 0 Å². The van der Waals surface area contributed by atoms with Gasteiger partial charge in [-0.1, -0.05) is 19.1 Å². The lowest BCUT2D eigenvalue weighted by Crippen LogP contribution is -2.45. The van der Waals surface area contributed by atoms with E-state index in [0.717, 1.165) is 6.42 Å². The first-order chi connectivity index (χ1) is 9.56. The highest BCUT2D eigenvalue weighted by Crippen LogP contribution is 2.12. The second kappa shape index (κ2) is 8.16. The summed E-state index contributed by atoms with van der Waals surface area (Å²) >= 11 is 0. The number of hydrogen-bond donors (Lipinski definition) is 2. The molecule has 0 bridgehead atoms. The third kappa shape index (κ3) is 5.27. The highest BCUT2D eigenvalue weighted by Gasteiger charge is 2.19. The van der Waals surface area contributed by atoms with E-state index >= 15 is 0 Å². The van der Waals surface area contributed by atoms with Crippen LogP contribution in [0, 0.1) is 0 Å². The van der Waals surface area contributed by atoms with E-state index in [0.29, 0.717) is 5.75 Å². The second-order valence-corrected chi connectivity index (χ2v) is 4.20. The molecule has 1 rings (SSSR count). The molecule has 1 amide bonds. The number of nitrogens with one attached hydrogen (secondary N) is 1. The molecule has 20 heavy (non-hydrogen) atoms. The van der Waals surface area contributed by atoms with Gasteiger partial charge in [0.25, 0.3) is 5.91 Å². The summed E-state index contributed by atoms with van der Waals surface area (Å²) in [7, 11) is 1.37. The fraction of sp³-hybridized carbons (Fsp3) is 0.429. The number of amides is 1. The van der Waals surface area contributed by atoms with Crippen LogP contribution in [0.5, 0.6) is 5.75 Å². The van der Waals surface area contributed by atoms with Crippen LogP contribution in [0.4, 0.5) is 0 Å². The number of carboxylic acid groups (broad SMARTS) is 1. The molecule has 0 saturated heterocycles. The first-order valence-corrected chi connectivity index (χ1v) is 6.29. The maximum Gasteiger partial charge on any atom is 0.328 e. The van der Waals surface area contributed by atoms with Crippen LogP contribution >= 0.6 is 0 Å². The third-order valence-corrected chi connectivity index (χ3v) is 2.67. The molecule has 0 spiro atoms. The van der Waals surface area contributed by atoms with Gasteiger partial charge in [0.2, 0.25) is 0 Å². The van der Waals surface area contributed by atoms with Crippen molar-refractivity contribution in [1.29, 1.82) is 0 Å². The van der Waals surface area contributed by atoms with Gasteiger partial charge in [-0.25, -0.2) is 4.79 Å². The standard InChI is InChI=1S/C14H19NO5/c1-3-10-4-6-11(7-5-10)20-9-13(16)15-12(8-19-2)14(17)18/h4-7,12H,3,8-9H2,1-2H3,(H,15,16)(H,17,18). The number of hydrogen-bond acceptors (Lipinski definition) is 4. The Morgan fingerprint density at radius 2 is 1.95 bits per heavy atom. The van der Waals surface area contributed by atoms with Crippen molar-refractivity contribution in [3.63, 3.8) is 0 Å². The molecule has 1 aromatic rings. The average Bonchev–Trinajstić information content (AvgIpc) is 2.45. The zero-order chi connectivity index (χ0) is 15.0. The molecule has 0 saturated carbocycles. The van der Waals surface area contributed by atoms with Crippen LogP contribution in [0.25, 0.3) is 0 Å². The lowest BCUT2D eigenvalue weighted by atomic mass is 10.2. The van der Waals surface area contributed by atoms with E-state index in [4.69, 9.17) is 14.6 Å². The Hall–Kier alpha value is -2.08. The Balaban J connectivity index is 2.43. The van der Waals surface area contributed by atoms with E-state index in [1.54, 1.807) is 12.1 Å². The van der Waals surface area contributed by atoms with Crippen molar-refractivity contribution in [3.05, 3.63) is 29.8 Å². The SMILES string of the molecule is CCc1ccc(OCC(=O)NC(COC)C(=O)O)cc1. The number of carbonyl (C=O) groups excluding carboxylic acids is 1. The summed E-state index contributed by atoms with van der Waals surface area (Å²) in [5, 5.41) is 11.2. The summed E-state index contributed by atoms with van der Waals surface area (Å²) in [6.07, 6.45) is 0.929. The van der Waals surface area contributed by atoms with Gasteiger partial charge in [0.15, 0.2) is 12.6 Å². The Labute approximate surface area is 117 Å². The van der Waals surface area contributed by atoms with Crippen molar-refractivity contribution in [2.45, 2.75) is 19.4 Å². The maximum absolute atomic E-state index is 11.6. The molecule has 1 unspecified atom stereocenters. The summed E-state index contributed by atoms with van der Waals surface area (Å²) < 4.78 is 10.00. The fourth-order valence-electron chi connectivity index (χ4n) is 1.55. The smallest absolute Gasteiger partial charge is 0.328 e. The number of benzene rings is 1. The topological polar surface area (TPSA) is 84.9 Å². The van der Waals surface area contributed by atoms with E-state index in [1.807, 2.05) is 19.1 Å². The van der Waals surface area contributed by atoms with Crippen molar-refractivity contribution in [1.82, 2.24) is 5.32 Å². The van der Waals surface area contributed by atoms with Gasteiger partial charge in [0.1, 0.15) is 5.75 Å². The zero-order valence-corrected chi connectivity index (χ0v) is 11.6. The summed E-state index contributed by atoms with van der Waals surface area (Å²) in [5.41, 5.74) is 1.17. The molecule has 0 radical (unpaired) electrons. The molecule has 0 fully saturated rings.